The van der Waals surface area contributed by atoms with Crippen molar-refractivity contribution in [2.45, 2.75) is 12.8 Å². The molecule has 4 unspecified atom stereocenters. The Bertz CT molecular complexity index is 774. The lowest BCUT2D eigenvalue weighted by atomic mass is 9.85. The number of imide groups is 1. The van der Waals surface area contributed by atoms with Gasteiger partial charge in [-0.25, -0.2) is 0 Å². The summed E-state index contributed by atoms with van der Waals surface area (Å²) in [5.74, 6) is 0.952. The summed E-state index contributed by atoms with van der Waals surface area (Å²) in [6.07, 6.45) is 9.88. The average molecular weight is 498 g/mol. The van der Waals surface area contributed by atoms with Crippen molar-refractivity contribution in [1.29, 1.82) is 0 Å². The second-order valence-corrected chi connectivity index (χ2v) is 7.53. The number of aliphatic imine (C=N–C) groups is 1. The molecule has 28 heavy (non-hydrogen) atoms. The minimum absolute atomic E-state index is 0. The van der Waals surface area contributed by atoms with Gasteiger partial charge in [-0.15, -0.1) is 24.0 Å². The van der Waals surface area contributed by atoms with Gasteiger partial charge in [0.25, 0.3) is 0 Å². The molecule has 2 N–H and O–H groups in total. The number of aromatic nitrogens is 2. The second-order valence-electron chi connectivity index (χ2n) is 7.53. The van der Waals surface area contributed by atoms with Crippen LogP contribution in [0.2, 0.25) is 0 Å². The quantitative estimate of drug-likeness (QED) is 0.197. The fourth-order valence-corrected chi connectivity index (χ4v) is 4.62. The van der Waals surface area contributed by atoms with Crippen molar-refractivity contribution in [2.75, 3.05) is 26.7 Å². The Kier molecular flexibility index (Phi) is 6.41. The van der Waals surface area contributed by atoms with Gasteiger partial charge in [-0.2, -0.15) is 5.10 Å². The molecule has 2 heterocycles. The van der Waals surface area contributed by atoms with Crippen molar-refractivity contribution >= 4 is 41.8 Å². The Hall–Kier alpha value is -1.91. The Balaban J connectivity index is 0.00000225. The zero-order chi connectivity index (χ0) is 19.0. The molecule has 0 spiro atoms. The lowest BCUT2D eigenvalue weighted by molar-refractivity contribution is -0.140. The number of guanidine groups is 1. The summed E-state index contributed by atoms with van der Waals surface area (Å²) in [6, 6.07) is 0. The number of fused-ring (bicyclic) bond motifs is 5. The van der Waals surface area contributed by atoms with E-state index in [1.54, 1.807) is 11.7 Å². The maximum Gasteiger partial charge on any atom is 0.233 e. The van der Waals surface area contributed by atoms with Gasteiger partial charge in [-0.05, 0) is 30.2 Å². The summed E-state index contributed by atoms with van der Waals surface area (Å²) in [5.41, 5.74) is 1.16. The maximum atomic E-state index is 12.7. The normalized spacial score (nSPS) is 27.9. The van der Waals surface area contributed by atoms with Gasteiger partial charge < -0.3 is 10.6 Å². The van der Waals surface area contributed by atoms with Crippen LogP contribution in [0.4, 0.5) is 0 Å². The zero-order valence-electron chi connectivity index (χ0n) is 16.2. The molecule has 0 aromatic carbocycles. The van der Waals surface area contributed by atoms with Crippen LogP contribution in [0.3, 0.4) is 0 Å². The van der Waals surface area contributed by atoms with Crippen molar-refractivity contribution in [3.05, 3.63) is 30.1 Å². The number of halogens is 1. The summed E-state index contributed by atoms with van der Waals surface area (Å²) >= 11 is 0. The summed E-state index contributed by atoms with van der Waals surface area (Å²) in [7, 11) is 3.60. The fourth-order valence-electron chi connectivity index (χ4n) is 4.62. The largest absolute Gasteiger partial charge is 0.356 e. The molecule has 8 nitrogen and oxygen atoms in total. The molecular formula is C19H27IN6O2. The van der Waals surface area contributed by atoms with Crippen LogP contribution in [0.25, 0.3) is 0 Å². The molecule has 1 aromatic heterocycles. The third kappa shape index (κ3) is 3.81. The highest BCUT2D eigenvalue weighted by atomic mass is 127. The standard InChI is InChI=1S/C19H26N6O2.HI/c1-20-19(21-6-5-12-10-23-24(2)11-12)22-7-8-25-17(26)15-13-3-4-14(9-13)16(15)18(25)27;/h3-4,10-11,13-16H,5-9H2,1-2H3,(H2,20,21,22);1H. The Morgan fingerprint density at radius 1 is 1.18 bits per heavy atom. The summed E-state index contributed by atoms with van der Waals surface area (Å²) in [4.78, 5) is 30.9. The predicted molar refractivity (Wildman–Crippen MR) is 116 cm³/mol. The van der Waals surface area contributed by atoms with Gasteiger partial charge in [0.15, 0.2) is 5.96 Å². The molecule has 152 valence electrons. The number of hydrogen-bond acceptors (Lipinski definition) is 4. The molecule has 2 fully saturated rings. The van der Waals surface area contributed by atoms with Gasteiger partial charge in [0.2, 0.25) is 11.8 Å². The van der Waals surface area contributed by atoms with Crippen molar-refractivity contribution < 1.29 is 9.59 Å². The number of aryl methyl sites for hydroxylation is 1. The van der Waals surface area contributed by atoms with Crippen molar-refractivity contribution in [3.63, 3.8) is 0 Å². The molecule has 1 aromatic rings. The number of carbonyl (C=O) groups excluding carboxylic acids is 2. The first-order chi connectivity index (χ1) is 13.1. The van der Waals surface area contributed by atoms with Gasteiger partial charge in [0, 0.05) is 39.9 Å². The molecule has 9 heteroatoms. The van der Waals surface area contributed by atoms with Crippen LogP contribution in [-0.4, -0.2) is 59.1 Å². The van der Waals surface area contributed by atoms with Gasteiger partial charge in [-0.1, -0.05) is 12.2 Å². The molecule has 1 saturated heterocycles. The maximum absolute atomic E-state index is 12.7. The van der Waals surface area contributed by atoms with Gasteiger partial charge >= 0.3 is 0 Å². The third-order valence-electron chi connectivity index (χ3n) is 5.88. The van der Waals surface area contributed by atoms with E-state index in [0.717, 1.165) is 24.9 Å². The van der Waals surface area contributed by atoms with Crippen LogP contribution in [0.1, 0.15) is 12.0 Å². The van der Waals surface area contributed by atoms with Crippen LogP contribution in [0, 0.1) is 23.7 Å². The van der Waals surface area contributed by atoms with E-state index in [0.29, 0.717) is 19.0 Å². The topological polar surface area (TPSA) is 91.6 Å². The summed E-state index contributed by atoms with van der Waals surface area (Å²) < 4.78 is 1.78. The molecular weight excluding hydrogens is 471 g/mol. The van der Waals surface area contributed by atoms with E-state index < -0.39 is 0 Å². The zero-order valence-corrected chi connectivity index (χ0v) is 18.5. The van der Waals surface area contributed by atoms with Crippen LogP contribution in [0.15, 0.2) is 29.5 Å². The highest BCUT2D eigenvalue weighted by Crippen LogP contribution is 2.52. The number of nitrogens with zero attached hydrogens (tertiary/aromatic N) is 4. The van der Waals surface area contributed by atoms with Gasteiger partial charge in [0.1, 0.15) is 0 Å². The lowest BCUT2D eigenvalue weighted by Gasteiger charge is -2.18. The van der Waals surface area contributed by atoms with Crippen molar-refractivity contribution in [3.8, 4) is 0 Å². The number of hydrogen-bond donors (Lipinski definition) is 2. The number of likely N-dealkylation sites (tertiary alicyclic amines) is 1. The van der Waals surface area contributed by atoms with E-state index in [-0.39, 0.29) is 59.5 Å². The molecule has 0 radical (unpaired) electrons. The fraction of sp³-hybridized carbons (Fsp3) is 0.579. The number of rotatable bonds is 6. The van der Waals surface area contributed by atoms with Crippen LogP contribution >= 0.6 is 24.0 Å². The number of allylic oxidation sites excluding steroid dienone is 2. The Morgan fingerprint density at radius 3 is 2.39 bits per heavy atom. The number of nitrogens with one attached hydrogen (secondary N) is 2. The van der Waals surface area contributed by atoms with E-state index in [4.69, 9.17) is 0 Å². The molecule has 2 bridgehead atoms. The van der Waals surface area contributed by atoms with Crippen molar-refractivity contribution in [1.82, 2.24) is 25.3 Å². The van der Waals surface area contributed by atoms with E-state index in [9.17, 15) is 9.59 Å². The first kappa shape index (κ1) is 20.8. The van der Waals surface area contributed by atoms with E-state index >= 15 is 0 Å². The minimum Gasteiger partial charge on any atom is -0.356 e. The highest BCUT2D eigenvalue weighted by molar-refractivity contribution is 14.0. The van der Waals surface area contributed by atoms with Crippen LogP contribution in [0.5, 0.6) is 0 Å². The second kappa shape index (κ2) is 8.62. The Morgan fingerprint density at radius 2 is 1.82 bits per heavy atom. The predicted octanol–water partition coefficient (Wildman–Crippen LogP) is 0.553. The summed E-state index contributed by atoms with van der Waals surface area (Å²) in [5, 5.41) is 10.6. The van der Waals surface area contributed by atoms with Gasteiger partial charge in [0.05, 0.1) is 18.0 Å². The third-order valence-corrected chi connectivity index (χ3v) is 5.88. The lowest BCUT2D eigenvalue weighted by Crippen LogP contribution is -2.44. The summed E-state index contributed by atoms with van der Waals surface area (Å²) in [6.45, 7) is 1.60. The molecule has 1 saturated carbocycles. The molecule has 2 amide bonds. The monoisotopic (exact) mass is 498 g/mol. The SMILES string of the molecule is CN=C(NCCc1cnn(C)c1)NCCN1C(=O)C2C3C=CC(C3)C2C1=O.I. The number of amides is 2. The molecule has 1 aliphatic heterocycles. The highest BCUT2D eigenvalue weighted by Gasteiger charge is 2.58. The average Bonchev–Trinajstić information content (AvgIpc) is 3.41. The van der Waals surface area contributed by atoms with E-state index in [1.807, 2.05) is 19.4 Å². The molecule has 3 aliphatic rings. The molecule has 4 atom stereocenters. The van der Waals surface area contributed by atoms with Crippen LogP contribution in [-0.2, 0) is 23.1 Å². The number of carbonyl (C=O) groups is 2. The smallest absolute Gasteiger partial charge is 0.233 e. The first-order valence-corrected chi connectivity index (χ1v) is 9.54. The minimum atomic E-state index is -0.121. The van der Waals surface area contributed by atoms with Gasteiger partial charge in [-0.3, -0.25) is 24.2 Å². The first-order valence-electron chi connectivity index (χ1n) is 9.54. The van der Waals surface area contributed by atoms with E-state index in [2.05, 4.69) is 32.9 Å². The molecule has 2 aliphatic carbocycles. The van der Waals surface area contributed by atoms with Crippen molar-refractivity contribution in [2.24, 2.45) is 35.7 Å². The molecule has 4 rings (SSSR count). The van der Waals surface area contributed by atoms with Crippen LogP contribution < -0.4 is 10.6 Å². The van der Waals surface area contributed by atoms with E-state index in [1.165, 1.54) is 4.90 Å². The Labute approximate surface area is 181 Å².